The van der Waals surface area contributed by atoms with Gasteiger partial charge < -0.3 is 5.32 Å². The third kappa shape index (κ3) is 5.59. The number of hydrogen-bond donors (Lipinski definition) is 1. The quantitative estimate of drug-likeness (QED) is 0.801. The maximum absolute atomic E-state index is 12.2. The first-order valence-electron chi connectivity index (χ1n) is 8.86. The van der Waals surface area contributed by atoms with E-state index in [9.17, 15) is 13.2 Å². The van der Waals surface area contributed by atoms with Crippen LogP contribution in [0.5, 0.6) is 0 Å². The summed E-state index contributed by atoms with van der Waals surface area (Å²) in [6.45, 7) is 3.60. The van der Waals surface area contributed by atoms with E-state index in [1.54, 1.807) is 6.20 Å². The van der Waals surface area contributed by atoms with Crippen molar-refractivity contribution in [3.05, 3.63) is 65.5 Å². The Morgan fingerprint density at radius 2 is 1.78 bits per heavy atom. The lowest BCUT2D eigenvalue weighted by atomic mass is 10.1. The van der Waals surface area contributed by atoms with E-state index < -0.39 is 10.0 Å². The van der Waals surface area contributed by atoms with Crippen molar-refractivity contribution >= 4 is 15.9 Å². The molecule has 0 aliphatic carbocycles. The van der Waals surface area contributed by atoms with Crippen molar-refractivity contribution in [1.82, 2.24) is 19.5 Å². The molecule has 1 fully saturated rings. The van der Waals surface area contributed by atoms with Gasteiger partial charge in [-0.2, -0.15) is 4.31 Å². The van der Waals surface area contributed by atoms with Gasteiger partial charge in [0, 0.05) is 44.5 Å². The van der Waals surface area contributed by atoms with Gasteiger partial charge in [0.25, 0.3) is 5.91 Å². The van der Waals surface area contributed by atoms with Crippen LogP contribution in [0.4, 0.5) is 0 Å². The summed E-state index contributed by atoms with van der Waals surface area (Å²) >= 11 is 0. The highest BCUT2D eigenvalue weighted by atomic mass is 32.2. The Balaban J connectivity index is 1.49. The standard InChI is InChI=1S/C19H24N4O3S/c1-27(25,26)23-12-10-22(11-13-23)15-16-5-7-17(8-6-16)19(24)21-14-18-4-2-3-9-20-18/h2-9H,10-15H2,1H3,(H,21,24). The Hall–Kier alpha value is -2.29. The summed E-state index contributed by atoms with van der Waals surface area (Å²) < 4.78 is 24.6. The van der Waals surface area contributed by atoms with E-state index in [0.29, 0.717) is 38.3 Å². The minimum atomic E-state index is -3.11. The molecule has 8 heteroatoms. The molecule has 2 heterocycles. The molecule has 2 aromatic rings. The van der Waals surface area contributed by atoms with Crippen molar-refractivity contribution in [2.75, 3.05) is 32.4 Å². The van der Waals surface area contributed by atoms with E-state index in [2.05, 4.69) is 15.2 Å². The minimum Gasteiger partial charge on any atom is -0.346 e. The molecule has 7 nitrogen and oxygen atoms in total. The lowest BCUT2D eigenvalue weighted by molar-refractivity contribution is 0.0950. The number of rotatable bonds is 6. The van der Waals surface area contributed by atoms with Gasteiger partial charge in [-0.15, -0.1) is 0 Å². The molecule has 0 unspecified atom stereocenters. The second kappa shape index (κ2) is 8.60. The van der Waals surface area contributed by atoms with Crippen LogP contribution >= 0.6 is 0 Å². The molecule has 1 N–H and O–H groups in total. The Kier molecular flexibility index (Phi) is 6.20. The van der Waals surface area contributed by atoms with Gasteiger partial charge >= 0.3 is 0 Å². The fourth-order valence-corrected chi connectivity index (χ4v) is 3.84. The molecule has 1 saturated heterocycles. The maximum Gasteiger partial charge on any atom is 0.251 e. The van der Waals surface area contributed by atoms with E-state index in [1.165, 1.54) is 10.6 Å². The number of piperazine rings is 1. The van der Waals surface area contributed by atoms with Gasteiger partial charge in [0.1, 0.15) is 0 Å². The summed E-state index contributed by atoms with van der Waals surface area (Å²) in [4.78, 5) is 18.6. The van der Waals surface area contributed by atoms with Gasteiger partial charge in [-0.1, -0.05) is 18.2 Å². The fraction of sp³-hybridized carbons (Fsp3) is 0.368. The average molecular weight is 388 g/mol. The molecule has 0 saturated carbocycles. The molecule has 27 heavy (non-hydrogen) atoms. The monoisotopic (exact) mass is 388 g/mol. The largest absolute Gasteiger partial charge is 0.346 e. The predicted molar refractivity (Wildman–Crippen MR) is 104 cm³/mol. The van der Waals surface area contributed by atoms with E-state index in [4.69, 9.17) is 0 Å². The Bertz CT molecular complexity index is 862. The van der Waals surface area contributed by atoms with Crippen LogP contribution in [0.1, 0.15) is 21.6 Å². The van der Waals surface area contributed by atoms with Crippen molar-refractivity contribution in [2.45, 2.75) is 13.1 Å². The molecule has 1 aliphatic rings. The van der Waals surface area contributed by atoms with Gasteiger partial charge in [-0.25, -0.2) is 8.42 Å². The zero-order valence-electron chi connectivity index (χ0n) is 15.3. The molecule has 0 atom stereocenters. The van der Waals surface area contributed by atoms with Crippen LogP contribution in [0.15, 0.2) is 48.7 Å². The minimum absolute atomic E-state index is 0.131. The molecule has 0 radical (unpaired) electrons. The molecule has 1 aromatic carbocycles. The fourth-order valence-electron chi connectivity index (χ4n) is 3.01. The Morgan fingerprint density at radius 1 is 1.07 bits per heavy atom. The second-order valence-electron chi connectivity index (χ2n) is 6.64. The number of carbonyl (C=O) groups excluding carboxylic acids is 1. The molecule has 144 valence electrons. The number of nitrogens with one attached hydrogen (secondary N) is 1. The van der Waals surface area contributed by atoms with E-state index >= 15 is 0 Å². The van der Waals surface area contributed by atoms with Crippen molar-refractivity contribution in [2.24, 2.45) is 0 Å². The SMILES string of the molecule is CS(=O)(=O)N1CCN(Cc2ccc(C(=O)NCc3ccccn3)cc2)CC1. The van der Waals surface area contributed by atoms with Crippen LogP contribution in [0.3, 0.4) is 0 Å². The molecule has 1 aliphatic heterocycles. The lowest BCUT2D eigenvalue weighted by Crippen LogP contribution is -2.47. The Morgan fingerprint density at radius 3 is 2.37 bits per heavy atom. The zero-order chi connectivity index (χ0) is 19.3. The number of carbonyl (C=O) groups is 1. The first-order chi connectivity index (χ1) is 12.9. The van der Waals surface area contributed by atoms with Gasteiger partial charge in [0.05, 0.1) is 18.5 Å². The molecule has 0 spiro atoms. The van der Waals surface area contributed by atoms with Crippen LogP contribution in [0.25, 0.3) is 0 Å². The summed E-state index contributed by atoms with van der Waals surface area (Å²) in [5.74, 6) is -0.131. The highest BCUT2D eigenvalue weighted by Gasteiger charge is 2.23. The normalized spacial score (nSPS) is 16.2. The topological polar surface area (TPSA) is 82.6 Å². The number of nitrogens with zero attached hydrogens (tertiary/aromatic N) is 3. The molecular formula is C19H24N4O3S. The molecule has 0 bridgehead atoms. The first-order valence-corrected chi connectivity index (χ1v) is 10.7. The molecule has 1 amide bonds. The highest BCUT2D eigenvalue weighted by molar-refractivity contribution is 7.88. The van der Waals surface area contributed by atoms with Gasteiger partial charge in [-0.3, -0.25) is 14.7 Å². The molecule has 1 aromatic heterocycles. The number of sulfonamides is 1. The molecule has 3 rings (SSSR count). The summed E-state index contributed by atoms with van der Waals surface area (Å²) in [5, 5.41) is 2.86. The number of benzene rings is 1. The zero-order valence-corrected chi connectivity index (χ0v) is 16.2. The summed E-state index contributed by atoms with van der Waals surface area (Å²) in [6, 6.07) is 13.1. The second-order valence-corrected chi connectivity index (χ2v) is 8.62. The van der Waals surface area contributed by atoms with Crippen molar-refractivity contribution in [1.29, 1.82) is 0 Å². The van der Waals surface area contributed by atoms with Crippen LogP contribution in [0.2, 0.25) is 0 Å². The number of amides is 1. The van der Waals surface area contributed by atoms with E-state index in [1.807, 2.05) is 42.5 Å². The van der Waals surface area contributed by atoms with Gasteiger partial charge in [0.2, 0.25) is 10.0 Å². The molecular weight excluding hydrogens is 364 g/mol. The van der Waals surface area contributed by atoms with E-state index in [-0.39, 0.29) is 5.91 Å². The van der Waals surface area contributed by atoms with Crippen LogP contribution < -0.4 is 5.32 Å². The third-order valence-corrected chi connectivity index (χ3v) is 5.88. The van der Waals surface area contributed by atoms with Gasteiger partial charge in [-0.05, 0) is 29.8 Å². The Labute approximate surface area is 160 Å². The lowest BCUT2D eigenvalue weighted by Gasteiger charge is -2.33. The maximum atomic E-state index is 12.2. The highest BCUT2D eigenvalue weighted by Crippen LogP contribution is 2.12. The van der Waals surface area contributed by atoms with E-state index in [0.717, 1.165) is 17.8 Å². The van der Waals surface area contributed by atoms with Crippen molar-refractivity contribution in [3.8, 4) is 0 Å². The third-order valence-electron chi connectivity index (χ3n) is 4.58. The number of hydrogen-bond acceptors (Lipinski definition) is 5. The summed E-state index contributed by atoms with van der Waals surface area (Å²) in [5.41, 5.74) is 2.52. The summed E-state index contributed by atoms with van der Waals surface area (Å²) in [6.07, 6.45) is 2.95. The predicted octanol–water partition coefficient (Wildman–Crippen LogP) is 1.09. The average Bonchev–Trinajstić information content (AvgIpc) is 2.67. The van der Waals surface area contributed by atoms with Crippen molar-refractivity contribution in [3.63, 3.8) is 0 Å². The van der Waals surface area contributed by atoms with Crippen LogP contribution in [-0.2, 0) is 23.1 Å². The first kappa shape index (κ1) is 19.5. The number of aromatic nitrogens is 1. The smallest absolute Gasteiger partial charge is 0.251 e. The van der Waals surface area contributed by atoms with Crippen LogP contribution in [-0.4, -0.2) is 60.9 Å². The van der Waals surface area contributed by atoms with Gasteiger partial charge in [0.15, 0.2) is 0 Å². The number of pyridine rings is 1. The van der Waals surface area contributed by atoms with Crippen molar-refractivity contribution < 1.29 is 13.2 Å². The summed E-state index contributed by atoms with van der Waals surface area (Å²) in [7, 11) is -3.11. The van der Waals surface area contributed by atoms with Crippen LogP contribution in [0, 0.1) is 0 Å².